The predicted octanol–water partition coefficient (Wildman–Crippen LogP) is 4.30. The molecule has 1 aliphatic carbocycles. The molecule has 1 aromatic carbocycles. The van der Waals surface area contributed by atoms with Gasteiger partial charge in [-0.3, -0.25) is 9.79 Å². The van der Waals surface area contributed by atoms with E-state index in [1.165, 1.54) is 5.71 Å². The molecule has 0 saturated heterocycles. The lowest BCUT2D eigenvalue weighted by Gasteiger charge is -2.21. The fourth-order valence-corrected chi connectivity index (χ4v) is 3.27. The lowest BCUT2D eigenvalue weighted by Crippen LogP contribution is -2.24. The molecule has 1 amide bonds. The lowest BCUT2D eigenvalue weighted by atomic mass is 9.90. The minimum absolute atomic E-state index is 0.0296. The summed E-state index contributed by atoms with van der Waals surface area (Å²) < 4.78 is 0. The molecule has 1 aromatic rings. The Bertz CT molecular complexity index is 607. The number of amides is 1. The maximum Gasteiger partial charge on any atom is 0.245 e. The fraction of sp³-hybridized carbons (Fsp3) is 0.471. The molecule has 0 spiro atoms. The Labute approximate surface area is 130 Å². The standard InChI is InChI=1S/C17H19ClN2O/c18-11-4-3-10-16(21)20-17-12-6-1-2-8-14(12)19-15-9-5-7-13(15)17/h1-2,6,8,13H,3-5,7,9-11H2. The normalized spacial score (nSPS) is 21.9. The van der Waals surface area contributed by atoms with Crippen molar-refractivity contribution in [1.82, 2.24) is 0 Å². The summed E-state index contributed by atoms with van der Waals surface area (Å²) in [5.74, 6) is 0.821. The van der Waals surface area contributed by atoms with Crippen LogP contribution in [0.4, 0.5) is 5.69 Å². The zero-order chi connectivity index (χ0) is 14.7. The third-order valence-electron chi connectivity index (χ3n) is 4.12. The number of carbonyl (C=O) groups excluding carboxylic acids is 1. The molecule has 0 radical (unpaired) electrons. The number of nitrogens with zero attached hydrogens (tertiary/aromatic N) is 2. The summed E-state index contributed by atoms with van der Waals surface area (Å²) in [5, 5.41) is 0. The second kappa shape index (κ2) is 6.52. The molecule has 0 N–H and O–H groups in total. The lowest BCUT2D eigenvalue weighted by molar-refractivity contribution is -0.117. The Morgan fingerprint density at radius 2 is 2.19 bits per heavy atom. The number of aliphatic imine (C=N–C) groups is 2. The van der Waals surface area contributed by atoms with Gasteiger partial charge in [0.25, 0.3) is 0 Å². The molecule has 21 heavy (non-hydrogen) atoms. The number of alkyl halides is 1. The van der Waals surface area contributed by atoms with E-state index >= 15 is 0 Å². The van der Waals surface area contributed by atoms with Gasteiger partial charge in [-0.2, -0.15) is 0 Å². The van der Waals surface area contributed by atoms with Crippen molar-refractivity contribution < 1.29 is 4.79 Å². The number of unbranched alkanes of at least 4 members (excludes halogenated alkanes) is 1. The molecule has 1 fully saturated rings. The quantitative estimate of drug-likeness (QED) is 0.604. The van der Waals surface area contributed by atoms with Crippen molar-refractivity contribution >= 4 is 34.6 Å². The molecule has 1 aliphatic heterocycles. The number of hydrogen-bond donors (Lipinski definition) is 0. The number of benzene rings is 1. The minimum atomic E-state index is -0.0296. The first-order valence-corrected chi connectivity index (χ1v) is 8.17. The third-order valence-corrected chi connectivity index (χ3v) is 4.39. The molecular formula is C17H19ClN2O. The van der Waals surface area contributed by atoms with Crippen molar-refractivity contribution in [3.63, 3.8) is 0 Å². The molecule has 3 rings (SSSR count). The van der Waals surface area contributed by atoms with Crippen molar-refractivity contribution in [2.24, 2.45) is 15.9 Å². The molecule has 110 valence electrons. The maximum atomic E-state index is 12.1. The molecule has 4 heteroatoms. The highest BCUT2D eigenvalue weighted by atomic mass is 35.5. The van der Waals surface area contributed by atoms with Crippen LogP contribution in [0.15, 0.2) is 34.3 Å². The van der Waals surface area contributed by atoms with Crippen LogP contribution in [-0.4, -0.2) is 23.2 Å². The van der Waals surface area contributed by atoms with E-state index in [4.69, 9.17) is 16.6 Å². The van der Waals surface area contributed by atoms with Crippen LogP contribution >= 0.6 is 11.6 Å². The van der Waals surface area contributed by atoms with Crippen molar-refractivity contribution in [1.29, 1.82) is 0 Å². The Hall–Kier alpha value is -1.48. The average molecular weight is 303 g/mol. The second-order valence-electron chi connectivity index (χ2n) is 5.60. The van der Waals surface area contributed by atoms with Gasteiger partial charge in [-0.1, -0.05) is 18.2 Å². The molecule has 0 bridgehead atoms. The van der Waals surface area contributed by atoms with Crippen molar-refractivity contribution in [3.8, 4) is 0 Å². The molecule has 3 nitrogen and oxygen atoms in total. The number of fused-ring (bicyclic) bond motifs is 2. The van der Waals surface area contributed by atoms with E-state index in [-0.39, 0.29) is 11.8 Å². The first kappa shape index (κ1) is 14.5. The summed E-state index contributed by atoms with van der Waals surface area (Å²) in [6.45, 7) is 0. The summed E-state index contributed by atoms with van der Waals surface area (Å²) in [5.41, 5.74) is 4.11. The summed E-state index contributed by atoms with van der Waals surface area (Å²) in [6.07, 6.45) is 5.38. The van der Waals surface area contributed by atoms with Gasteiger partial charge in [0.05, 0.1) is 11.4 Å². The summed E-state index contributed by atoms with van der Waals surface area (Å²) in [6, 6.07) is 8.00. The molecule has 1 saturated carbocycles. The number of carbonyl (C=O) groups is 1. The van der Waals surface area contributed by atoms with Gasteiger partial charge in [0, 0.05) is 29.5 Å². The van der Waals surface area contributed by atoms with E-state index in [1.807, 2.05) is 24.3 Å². The van der Waals surface area contributed by atoms with Crippen molar-refractivity contribution in [2.75, 3.05) is 5.88 Å². The van der Waals surface area contributed by atoms with Crippen LogP contribution in [0.2, 0.25) is 0 Å². The molecule has 1 unspecified atom stereocenters. The van der Waals surface area contributed by atoms with E-state index in [0.29, 0.717) is 12.3 Å². The number of para-hydroxylation sites is 1. The van der Waals surface area contributed by atoms with Crippen LogP contribution in [-0.2, 0) is 4.79 Å². The number of hydrogen-bond acceptors (Lipinski definition) is 2. The maximum absolute atomic E-state index is 12.1. The first-order chi connectivity index (χ1) is 10.3. The van der Waals surface area contributed by atoms with Gasteiger partial charge in [-0.25, -0.2) is 4.99 Å². The van der Waals surface area contributed by atoms with Gasteiger partial charge >= 0.3 is 0 Å². The largest absolute Gasteiger partial charge is 0.273 e. The molecule has 1 heterocycles. The van der Waals surface area contributed by atoms with Crippen LogP contribution in [0.5, 0.6) is 0 Å². The Balaban J connectivity index is 1.89. The van der Waals surface area contributed by atoms with Crippen molar-refractivity contribution in [3.05, 3.63) is 29.8 Å². The Morgan fingerprint density at radius 3 is 3.05 bits per heavy atom. The van der Waals surface area contributed by atoms with Crippen molar-refractivity contribution in [2.45, 2.75) is 38.5 Å². The Morgan fingerprint density at radius 1 is 1.33 bits per heavy atom. The van der Waals surface area contributed by atoms with Crippen LogP contribution in [0.3, 0.4) is 0 Å². The van der Waals surface area contributed by atoms with E-state index in [0.717, 1.165) is 49.1 Å². The monoisotopic (exact) mass is 302 g/mol. The topological polar surface area (TPSA) is 41.8 Å². The Kier molecular flexibility index (Phi) is 4.49. The van der Waals surface area contributed by atoms with Gasteiger partial charge in [0.2, 0.25) is 5.91 Å². The summed E-state index contributed by atoms with van der Waals surface area (Å²) >= 11 is 5.65. The van der Waals surface area contributed by atoms with Crippen LogP contribution in [0.1, 0.15) is 44.1 Å². The highest BCUT2D eigenvalue weighted by Gasteiger charge is 2.33. The SMILES string of the molecule is O=C(CCCCCl)N=C1c2ccccc2N=C2CCCC21. The molecule has 2 aliphatic rings. The smallest absolute Gasteiger partial charge is 0.245 e. The average Bonchev–Trinajstić information content (AvgIpc) is 2.95. The fourth-order valence-electron chi connectivity index (χ4n) is 3.09. The first-order valence-electron chi connectivity index (χ1n) is 7.64. The summed E-state index contributed by atoms with van der Waals surface area (Å²) in [7, 11) is 0. The zero-order valence-corrected chi connectivity index (χ0v) is 12.8. The van der Waals surface area contributed by atoms with E-state index in [1.54, 1.807) is 0 Å². The minimum Gasteiger partial charge on any atom is -0.273 e. The van der Waals surface area contributed by atoms with E-state index < -0.39 is 0 Å². The highest BCUT2D eigenvalue weighted by Crippen LogP contribution is 2.36. The number of rotatable bonds is 4. The van der Waals surface area contributed by atoms with E-state index in [2.05, 4.69) is 4.99 Å². The van der Waals surface area contributed by atoms with Gasteiger partial charge in [-0.15, -0.1) is 11.6 Å². The highest BCUT2D eigenvalue weighted by molar-refractivity contribution is 6.23. The van der Waals surface area contributed by atoms with Gasteiger partial charge < -0.3 is 0 Å². The van der Waals surface area contributed by atoms with Gasteiger partial charge in [0.1, 0.15) is 0 Å². The molecule has 0 aromatic heterocycles. The summed E-state index contributed by atoms with van der Waals surface area (Å²) in [4.78, 5) is 21.3. The zero-order valence-electron chi connectivity index (χ0n) is 12.0. The third kappa shape index (κ3) is 3.08. The van der Waals surface area contributed by atoms with Crippen LogP contribution in [0.25, 0.3) is 0 Å². The predicted molar refractivity (Wildman–Crippen MR) is 87.0 cm³/mol. The van der Waals surface area contributed by atoms with E-state index in [9.17, 15) is 4.79 Å². The van der Waals surface area contributed by atoms with Gasteiger partial charge in [0.15, 0.2) is 0 Å². The molecular weight excluding hydrogens is 284 g/mol. The number of halogens is 1. The second-order valence-corrected chi connectivity index (χ2v) is 5.98. The van der Waals surface area contributed by atoms with Gasteiger partial charge in [-0.05, 0) is 38.2 Å². The van der Waals surface area contributed by atoms with Crippen LogP contribution < -0.4 is 0 Å². The molecule has 1 atom stereocenters. The van der Waals surface area contributed by atoms with Crippen LogP contribution in [0, 0.1) is 5.92 Å².